The Labute approximate surface area is 115 Å². The number of aliphatic hydroxyl groups excluding tert-OH is 1. The molecule has 1 aromatic heterocycles. The predicted octanol–water partition coefficient (Wildman–Crippen LogP) is -0.981. The molecule has 4 N–H and O–H groups in total. The summed E-state index contributed by atoms with van der Waals surface area (Å²) in [6.07, 6.45) is 0.281. The van der Waals surface area contributed by atoms with Crippen molar-refractivity contribution in [3.8, 4) is 0 Å². The monoisotopic (exact) mass is 278 g/mol. The number of aromatic amines is 1. The SMILES string of the molecule is Cc1nc2c(c(=O)[nH]1)CN(C(=O)[C@H]1C[C@H](N)[C@@H](O)C1)C2. The minimum atomic E-state index is -0.613. The molecule has 3 rings (SSSR count). The second-order valence-electron chi connectivity index (χ2n) is 5.67. The molecule has 0 aromatic carbocycles. The number of nitrogens with one attached hydrogen (secondary N) is 1. The molecule has 1 aliphatic heterocycles. The molecule has 2 aliphatic rings. The Bertz CT molecular complexity index is 602. The van der Waals surface area contributed by atoms with Gasteiger partial charge in [-0.15, -0.1) is 0 Å². The lowest BCUT2D eigenvalue weighted by molar-refractivity contribution is -0.136. The number of aryl methyl sites for hydroxylation is 1. The van der Waals surface area contributed by atoms with Gasteiger partial charge in [-0.1, -0.05) is 0 Å². The van der Waals surface area contributed by atoms with Crippen LogP contribution in [0.25, 0.3) is 0 Å². The van der Waals surface area contributed by atoms with Gasteiger partial charge in [0.2, 0.25) is 5.91 Å². The number of fused-ring (bicyclic) bond motifs is 1. The van der Waals surface area contributed by atoms with Crippen LogP contribution in [-0.2, 0) is 17.9 Å². The number of H-pyrrole nitrogens is 1. The summed E-state index contributed by atoms with van der Waals surface area (Å²) in [4.78, 5) is 32.8. The van der Waals surface area contributed by atoms with Crippen LogP contribution in [0.5, 0.6) is 0 Å². The molecule has 1 saturated carbocycles. The number of aliphatic hydroxyl groups is 1. The maximum Gasteiger partial charge on any atom is 0.256 e. The molecule has 20 heavy (non-hydrogen) atoms. The van der Waals surface area contributed by atoms with E-state index in [9.17, 15) is 14.7 Å². The van der Waals surface area contributed by atoms with Gasteiger partial charge in [0.15, 0.2) is 0 Å². The molecule has 0 unspecified atom stereocenters. The van der Waals surface area contributed by atoms with E-state index in [1.54, 1.807) is 11.8 Å². The summed E-state index contributed by atoms with van der Waals surface area (Å²) in [6, 6.07) is -0.335. The zero-order valence-corrected chi connectivity index (χ0v) is 11.3. The lowest BCUT2D eigenvalue weighted by Gasteiger charge is -2.19. The standard InChI is InChI=1S/C13H18N4O3/c1-6-15-10-5-17(4-8(10)12(19)16-6)13(20)7-2-9(14)11(18)3-7/h7,9,11,18H,2-5,14H2,1H3,(H,15,16,19)/t7-,9-,11-/m0/s1. The van der Waals surface area contributed by atoms with Crippen LogP contribution in [0, 0.1) is 12.8 Å². The summed E-state index contributed by atoms with van der Waals surface area (Å²) >= 11 is 0. The van der Waals surface area contributed by atoms with Gasteiger partial charge >= 0.3 is 0 Å². The average molecular weight is 278 g/mol. The van der Waals surface area contributed by atoms with E-state index >= 15 is 0 Å². The van der Waals surface area contributed by atoms with Crippen molar-refractivity contribution in [3.05, 3.63) is 27.4 Å². The topological polar surface area (TPSA) is 112 Å². The van der Waals surface area contributed by atoms with Crippen molar-refractivity contribution in [2.24, 2.45) is 11.7 Å². The molecule has 3 atom stereocenters. The zero-order chi connectivity index (χ0) is 14.4. The first-order valence-electron chi connectivity index (χ1n) is 6.77. The van der Waals surface area contributed by atoms with Gasteiger partial charge in [0.05, 0.1) is 30.5 Å². The van der Waals surface area contributed by atoms with Crippen molar-refractivity contribution in [1.29, 1.82) is 0 Å². The molecule has 0 spiro atoms. The predicted molar refractivity (Wildman–Crippen MR) is 70.6 cm³/mol. The van der Waals surface area contributed by atoms with Gasteiger partial charge in [0, 0.05) is 12.0 Å². The first-order chi connectivity index (χ1) is 9.45. The van der Waals surface area contributed by atoms with E-state index in [-0.39, 0.29) is 23.4 Å². The molecule has 1 aliphatic carbocycles. The second kappa shape index (κ2) is 4.68. The van der Waals surface area contributed by atoms with Crippen molar-refractivity contribution in [2.75, 3.05) is 0 Å². The van der Waals surface area contributed by atoms with E-state index in [4.69, 9.17) is 5.73 Å². The highest BCUT2D eigenvalue weighted by Gasteiger charge is 2.38. The van der Waals surface area contributed by atoms with Crippen molar-refractivity contribution < 1.29 is 9.90 Å². The zero-order valence-electron chi connectivity index (χ0n) is 11.3. The highest BCUT2D eigenvalue weighted by Crippen LogP contribution is 2.29. The van der Waals surface area contributed by atoms with Gasteiger partial charge in [0.1, 0.15) is 5.82 Å². The van der Waals surface area contributed by atoms with Crippen LogP contribution in [0.2, 0.25) is 0 Å². The maximum atomic E-state index is 12.4. The summed E-state index contributed by atoms with van der Waals surface area (Å²) in [5.74, 6) is 0.253. The Hall–Kier alpha value is -1.73. The van der Waals surface area contributed by atoms with Gasteiger partial charge in [-0.2, -0.15) is 0 Å². The molecule has 0 saturated heterocycles. The third-order valence-electron chi connectivity index (χ3n) is 4.15. The van der Waals surface area contributed by atoms with Crippen LogP contribution >= 0.6 is 0 Å². The number of aromatic nitrogens is 2. The quantitative estimate of drug-likeness (QED) is 0.611. The fourth-order valence-electron chi connectivity index (χ4n) is 3.05. The van der Waals surface area contributed by atoms with E-state index < -0.39 is 6.10 Å². The lowest BCUT2D eigenvalue weighted by Crippen LogP contribution is -2.32. The molecule has 0 radical (unpaired) electrons. The second-order valence-corrected chi connectivity index (χ2v) is 5.67. The summed E-state index contributed by atoms with van der Waals surface area (Å²) in [6.45, 7) is 2.37. The Kier molecular flexibility index (Phi) is 3.10. The Balaban J connectivity index is 1.77. The van der Waals surface area contributed by atoms with Crippen molar-refractivity contribution in [3.63, 3.8) is 0 Å². The first-order valence-corrected chi connectivity index (χ1v) is 6.77. The summed E-state index contributed by atoms with van der Waals surface area (Å²) in [5, 5.41) is 9.65. The lowest BCUT2D eigenvalue weighted by atomic mass is 10.1. The third-order valence-corrected chi connectivity index (χ3v) is 4.15. The third kappa shape index (κ3) is 2.12. The fraction of sp³-hybridized carbons (Fsp3) is 0.615. The van der Waals surface area contributed by atoms with Crippen LogP contribution in [-0.4, -0.2) is 38.0 Å². The minimum Gasteiger partial charge on any atom is -0.391 e. The number of nitrogens with zero attached hydrogens (tertiary/aromatic N) is 2. The highest BCUT2D eigenvalue weighted by molar-refractivity contribution is 5.80. The van der Waals surface area contributed by atoms with Gasteiger partial charge < -0.3 is 20.7 Å². The number of hydrogen-bond acceptors (Lipinski definition) is 5. The van der Waals surface area contributed by atoms with Gasteiger partial charge in [-0.05, 0) is 19.8 Å². The number of carbonyl (C=O) groups excluding carboxylic acids is 1. The first kappa shape index (κ1) is 13.3. The molecular formula is C13H18N4O3. The summed E-state index contributed by atoms with van der Waals surface area (Å²) < 4.78 is 0. The van der Waals surface area contributed by atoms with Gasteiger partial charge in [-0.25, -0.2) is 4.98 Å². The molecule has 2 heterocycles. The van der Waals surface area contributed by atoms with Crippen LogP contribution in [0.15, 0.2) is 4.79 Å². The average Bonchev–Trinajstić information content (AvgIpc) is 2.93. The largest absolute Gasteiger partial charge is 0.391 e. The minimum absolute atomic E-state index is 0.0490. The maximum absolute atomic E-state index is 12.4. The number of amides is 1. The smallest absolute Gasteiger partial charge is 0.256 e. The van der Waals surface area contributed by atoms with Crippen LogP contribution in [0.4, 0.5) is 0 Å². The molecule has 108 valence electrons. The Morgan fingerprint density at radius 2 is 2.20 bits per heavy atom. The van der Waals surface area contributed by atoms with Crippen LogP contribution < -0.4 is 11.3 Å². The van der Waals surface area contributed by atoms with E-state index in [1.165, 1.54) is 0 Å². The van der Waals surface area contributed by atoms with Crippen LogP contribution in [0.1, 0.15) is 29.9 Å². The van der Waals surface area contributed by atoms with Gasteiger partial charge in [0.25, 0.3) is 5.56 Å². The van der Waals surface area contributed by atoms with Crippen molar-refractivity contribution in [1.82, 2.24) is 14.9 Å². The summed E-state index contributed by atoms with van der Waals surface area (Å²) in [5.41, 5.74) is 6.80. The van der Waals surface area contributed by atoms with Crippen LogP contribution in [0.3, 0.4) is 0 Å². The highest BCUT2D eigenvalue weighted by atomic mass is 16.3. The van der Waals surface area contributed by atoms with Gasteiger partial charge in [-0.3, -0.25) is 9.59 Å². The number of nitrogens with two attached hydrogens (primary N) is 1. The Morgan fingerprint density at radius 3 is 2.85 bits per heavy atom. The number of hydrogen-bond donors (Lipinski definition) is 3. The molecule has 1 aromatic rings. The molecule has 0 bridgehead atoms. The van der Waals surface area contributed by atoms with E-state index in [0.29, 0.717) is 43.0 Å². The number of rotatable bonds is 1. The molecular weight excluding hydrogens is 260 g/mol. The normalized spacial score (nSPS) is 28.8. The molecule has 7 heteroatoms. The molecule has 1 fully saturated rings. The number of carbonyl (C=O) groups is 1. The Morgan fingerprint density at radius 1 is 1.45 bits per heavy atom. The van der Waals surface area contributed by atoms with E-state index in [2.05, 4.69) is 9.97 Å². The van der Waals surface area contributed by atoms with Crippen molar-refractivity contribution >= 4 is 5.91 Å². The van der Waals surface area contributed by atoms with E-state index in [1.807, 2.05) is 0 Å². The summed E-state index contributed by atoms with van der Waals surface area (Å²) in [7, 11) is 0. The van der Waals surface area contributed by atoms with Crippen molar-refractivity contribution in [2.45, 2.75) is 45.0 Å². The van der Waals surface area contributed by atoms with E-state index in [0.717, 1.165) is 0 Å². The molecule has 7 nitrogen and oxygen atoms in total. The fourth-order valence-corrected chi connectivity index (χ4v) is 3.05. The molecule has 1 amide bonds.